The molecule has 1 aromatic carbocycles. The third-order valence-electron chi connectivity index (χ3n) is 4.61. The number of aromatic amines is 1. The lowest BCUT2D eigenvalue weighted by atomic mass is 10.1. The van der Waals surface area contributed by atoms with Crippen molar-refractivity contribution < 1.29 is 19.0 Å². The van der Waals surface area contributed by atoms with Gasteiger partial charge >= 0.3 is 6.09 Å². The fraction of sp³-hybridized carbons (Fsp3) is 0.348. The first kappa shape index (κ1) is 22.9. The second-order valence-corrected chi connectivity index (χ2v) is 8.10. The number of anilines is 2. The van der Waals surface area contributed by atoms with E-state index in [2.05, 4.69) is 5.10 Å². The maximum atomic E-state index is 13.3. The summed E-state index contributed by atoms with van der Waals surface area (Å²) >= 11 is 0. The zero-order valence-corrected chi connectivity index (χ0v) is 18.8. The largest absolute Gasteiger partial charge is 0.491 e. The summed E-state index contributed by atoms with van der Waals surface area (Å²) in [5.41, 5.74) is -0.152. The highest BCUT2D eigenvalue weighted by atomic mass is 16.6. The molecular formula is C23H26N4O5. The van der Waals surface area contributed by atoms with Gasteiger partial charge in [0.2, 0.25) is 5.43 Å². The van der Waals surface area contributed by atoms with Crippen molar-refractivity contribution in [2.24, 2.45) is 0 Å². The Labute approximate surface area is 185 Å². The van der Waals surface area contributed by atoms with E-state index in [-0.39, 0.29) is 16.9 Å². The summed E-state index contributed by atoms with van der Waals surface area (Å²) in [4.78, 5) is 27.5. The third kappa shape index (κ3) is 4.60. The van der Waals surface area contributed by atoms with E-state index in [0.717, 1.165) is 0 Å². The fourth-order valence-corrected chi connectivity index (χ4v) is 3.21. The number of nitriles is 1. The van der Waals surface area contributed by atoms with E-state index in [1.807, 2.05) is 6.07 Å². The van der Waals surface area contributed by atoms with Crippen molar-refractivity contribution in [3.63, 3.8) is 0 Å². The number of pyridine rings is 1. The topological polar surface area (TPSA) is 109 Å². The number of aromatic nitrogens is 2. The Morgan fingerprint density at radius 3 is 2.47 bits per heavy atom. The number of methoxy groups -OCH3 is 1. The van der Waals surface area contributed by atoms with E-state index in [9.17, 15) is 14.9 Å². The number of ether oxygens (including phenoxy) is 3. The van der Waals surface area contributed by atoms with Gasteiger partial charge < -0.3 is 14.2 Å². The summed E-state index contributed by atoms with van der Waals surface area (Å²) in [6.45, 7) is 7.70. The van der Waals surface area contributed by atoms with Crippen LogP contribution in [0.1, 0.15) is 31.9 Å². The minimum atomic E-state index is -0.765. The highest BCUT2D eigenvalue weighted by Crippen LogP contribution is 2.31. The van der Waals surface area contributed by atoms with Gasteiger partial charge in [0.1, 0.15) is 35.4 Å². The van der Waals surface area contributed by atoms with Crippen molar-refractivity contribution >= 4 is 23.1 Å². The maximum absolute atomic E-state index is 13.3. The van der Waals surface area contributed by atoms with Crippen LogP contribution >= 0.6 is 0 Å². The lowest BCUT2D eigenvalue weighted by Gasteiger charge is -2.29. The molecule has 0 atom stereocenters. The van der Waals surface area contributed by atoms with E-state index < -0.39 is 17.1 Å². The molecule has 0 aliphatic heterocycles. The van der Waals surface area contributed by atoms with Crippen LogP contribution in [0.5, 0.6) is 5.75 Å². The molecule has 0 aliphatic rings. The number of hydrogen-bond acceptors (Lipinski definition) is 6. The van der Waals surface area contributed by atoms with Crippen LogP contribution in [0.25, 0.3) is 5.52 Å². The molecule has 0 spiro atoms. The monoisotopic (exact) mass is 438 g/mol. The van der Waals surface area contributed by atoms with Gasteiger partial charge in [0.05, 0.1) is 17.8 Å². The Bertz CT molecular complexity index is 1210. The van der Waals surface area contributed by atoms with Gasteiger partial charge in [0.15, 0.2) is 0 Å². The summed E-state index contributed by atoms with van der Waals surface area (Å²) in [5, 5.41) is 12.5. The molecule has 168 valence electrons. The highest BCUT2D eigenvalue weighted by Gasteiger charge is 2.30. The molecule has 9 nitrogen and oxygen atoms in total. The molecule has 9 heteroatoms. The molecule has 0 saturated carbocycles. The molecular weight excluding hydrogens is 412 g/mol. The van der Waals surface area contributed by atoms with Gasteiger partial charge in [0, 0.05) is 18.9 Å². The first-order chi connectivity index (χ1) is 15.2. The number of carbonyl (C=O) groups is 1. The third-order valence-corrected chi connectivity index (χ3v) is 4.61. The normalized spacial score (nSPS) is 11.2. The van der Waals surface area contributed by atoms with E-state index in [1.165, 1.54) is 9.42 Å². The molecule has 32 heavy (non-hydrogen) atoms. The number of nitrogens with one attached hydrogen (secondary N) is 1. The molecule has 0 radical (unpaired) electrons. The molecule has 3 rings (SSSR count). The molecule has 0 fully saturated rings. The quantitative estimate of drug-likeness (QED) is 0.585. The van der Waals surface area contributed by atoms with Gasteiger partial charge in [-0.25, -0.2) is 14.2 Å². The second-order valence-electron chi connectivity index (χ2n) is 8.10. The van der Waals surface area contributed by atoms with Crippen LogP contribution in [-0.4, -0.2) is 41.6 Å². The van der Waals surface area contributed by atoms with Gasteiger partial charge in [-0.15, -0.1) is 0 Å². The van der Waals surface area contributed by atoms with Crippen LogP contribution in [0.2, 0.25) is 0 Å². The van der Waals surface area contributed by atoms with Crippen molar-refractivity contribution in [3.05, 3.63) is 57.9 Å². The number of nitrogens with zero attached hydrogens (tertiary/aromatic N) is 3. The van der Waals surface area contributed by atoms with Crippen molar-refractivity contribution in [2.75, 3.05) is 25.2 Å². The molecule has 0 unspecified atom stereocenters. The number of hydrogen-bond donors (Lipinski definition) is 1. The summed E-state index contributed by atoms with van der Waals surface area (Å²) in [7, 11) is 1.59. The summed E-state index contributed by atoms with van der Waals surface area (Å²) in [5.74, 6) is 0.866. The molecule has 1 amide bonds. The summed E-state index contributed by atoms with van der Waals surface area (Å²) in [6.07, 6.45) is 0.930. The number of benzene rings is 1. The Morgan fingerprint density at radius 1 is 1.19 bits per heavy atom. The zero-order chi connectivity index (χ0) is 23.5. The van der Waals surface area contributed by atoms with Crippen LogP contribution in [0.4, 0.5) is 16.3 Å². The Morgan fingerprint density at radius 2 is 1.88 bits per heavy atom. The van der Waals surface area contributed by atoms with Gasteiger partial charge in [-0.1, -0.05) is 0 Å². The van der Waals surface area contributed by atoms with Gasteiger partial charge in [-0.05, 0) is 58.0 Å². The van der Waals surface area contributed by atoms with Crippen molar-refractivity contribution in [2.45, 2.75) is 33.3 Å². The zero-order valence-electron chi connectivity index (χ0n) is 18.8. The average molecular weight is 438 g/mol. The number of carbonyl (C=O) groups excluding carboxylic acids is 1. The van der Waals surface area contributed by atoms with Crippen LogP contribution in [0.15, 0.2) is 41.3 Å². The molecule has 2 aromatic heterocycles. The lowest BCUT2D eigenvalue weighted by Crippen LogP contribution is -2.36. The Balaban J connectivity index is 2.17. The van der Waals surface area contributed by atoms with Crippen LogP contribution in [0, 0.1) is 18.3 Å². The van der Waals surface area contributed by atoms with Gasteiger partial charge in [-0.2, -0.15) is 5.26 Å². The molecule has 0 saturated heterocycles. The lowest BCUT2D eigenvalue weighted by molar-refractivity contribution is 0.0597. The smallest absolute Gasteiger partial charge is 0.420 e. The predicted molar refractivity (Wildman–Crippen MR) is 120 cm³/mol. The SMILES string of the molecule is COCCOc1ccc(N(C(=O)OC(C)(C)C)c2c(C)c(=O)c(C#N)c3cc[nH]n23)cc1. The minimum absolute atomic E-state index is 0.00136. The molecule has 0 bridgehead atoms. The van der Waals surface area contributed by atoms with Crippen LogP contribution in [-0.2, 0) is 9.47 Å². The highest BCUT2D eigenvalue weighted by molar-refractivity contribution is 5.96. The van der Waals surface area contributed by atoms with E-state index >= 15 is 0 Å². The van der Waals surface area contributed by atoms with E-state index in [1.54, 1.807) is 71.3 Å². The summed E-state index contributed by atoms with van der Waals surface area (Å²) < 4.78 is 17.8. The molecule has 0 aliphatic carbocycles. The Hall–Kier alpha value is -3.77. The van der Waals surface area contributed by atoms with Crippen LogP contribution in [0.3, 0.4) is 0 Å². The fourth-order valence-electron chi connectivity index (χ4n) is 3.21. The molecule has 3 aromatic rings. The van der Waals surface area contributed by atoms with Crippen LogP contribution < -0.4 is 15.1 Å². The number of amides is 1. The first-order valence-electron chi connectivity index (χ1n) is 10.1. The molecule has 2 heterocycles. The van der Waals surface area contributed by atoms with E-state index in [4.69, 9.17) is 14.2 Å². The number of H-pyrrole nitrogens is 1. The van der Waals surface area contributed by atoms with Crippen molar-refractivity contribution in [1.82, 2.24) is 9.61 Å². The predicted octanol–water partition coefficient (Wildman–Crippen LogP) is 3.91. The van der Waals surface area contributed by atoms with Crippen molar-refractivity contribution in [1.29, 1.82) is 5.26 Å². The standard InChI is InChI=1S/C23H26N4O5/c1-15-20(28)18(14-24)19-10-11-25-27(19)21(15)26(22(29)32-23(2,3)4)16-6-8-17(9-7-16)31-13-12-30-5/h6-11,25H,12-13H2,1-5H3. The summed E-state index contributed by atoms with van der Waals surface area (Å²) in [6, 6.07) is 10.4. The van der Waals surface area contributed by atoms with Gasteiger partial charge in [-0.3, -0.25) is 9.89 Å². The number of fused-ring (bicyclic) bond motifs is 1. The Kier molecular flexibility index (Phi) is 6.55. The van der Waals surface area contributed by atoms with Crippen molar-refractivity contribution in [3.8, 4) is 11.8 Å². The average Bonchev–Trinajstić information content (AvgIpc) is 3.20. The van der Waals surface area contributed by atoms with E-state index in [0.29, 0.717) is 30.2 Å². The first-order valence-corrected chi connectivity index (χ1v) is 10.1. The maximum Gasteiger partial charge on any atom is 0.420 e. The number of rotatable bonds is 6. The minimum Gasteiger partial charge on any atom is -0.491 e. The molecule has 1 N–H and O–H groups in total. The van der Waals surface area contributed by atoms with Gasteiger partial charge in [0.25, 0.3) is 0 Å². The second kappa shape index (κ2) is 9.16.